The molecule has 0 unspecified atom stereocenters. The molecule has 7 nitrogen and oxygen atoms in total. The summed E-state index contributed by atoms with van der Waals surface area (Å²) in [7, 11) is 0. The third-order valence-corrected chi connectivity index (χ3v) is 3.03. The van der Waals surface area contributed by atoms with Gasteiger partial charge in [-0.15, -0.1) is 0 Å². The lowest BCUT2D eigenvalue weighted by Crippen LogP contribution is -2.55. The molecule has 2 heterocycles. The molecule has 0 atom stereocenters. The Hall–Kier alpha value is -1.34. The van der Waals surface area contributed by atoms with E-state index in [1.54, 1.807) is 4.90 Å². The fourth-order valence-electron chi connectivity index (χ4n) is 2.03. The van der Waals surface area contributed by atoms with E-state index < -0.39 is 0 Å². The van der Waals surface area contributed by atoms with E-state index in [0.717, 1.165) is 11.4 Å². The number of rotatable bonds is 2. The second-order valence-electron chi connectivity index (χ2n) is 4.24. The van der Waals surface area contributed by atoms with E-state index in [2.05, 4.69) is 0 Å². The molecule has 0 saturated carbocycles. The molecule has 0 bridgehead atoms. The van der Waals surface area contributed by atoms with E-state index in [1.165, 1.54) is 4.90 Å². The van der Waals surface area contributed by atoms with E-state index in [4.69, 9.17) is 10.6 Å². The van der Waals surface area contributed by atoms with Crippen molar-refractivity contribution >= 4 is 11.9 Å². The number of carbonyl (C=O) groups excluding carboxylic acids is 2. The van der Waals surface area contributed by atoms with E-state index in [1.807, 2.05) is 0 Å². The average molecular weight is 242 g/mol. The third kappa shape index (κ3) is 2.86. The molecule has 0 aromatic rings. The smallest absolute Gasteiger partial charge is 0.334 e. The van der Waals surface area contributed by atoms with Gasteiger partial charge in [0.2, 0.25) is 5.91 Å². The van der Waals surface area contributed by atoms with Gasteiger partial charge in [0, 0.05) is 26.2 Å². The number of hydrogen-bond acceptors (Lipinski definition) is 4. The minimum absolute atomic E-state index is 0.0306. The van der Waals surface area contributed by atoms with Crippen LogP contribution in [0.5, 0.6) is 0 Å². The van der Waals surface area contributed by atoms with Crippen LogP contribution in [-0.4, -0.2) is 72.7 Å². The topological polar surface area (TPSA) is 79.1 Å². The Morgan fingerprint density at radius 3 is 2.65 bits per heavy atom. The predicted octanol–water partition coefficient (Wildman–Crippen LogP) is -1.15. The summed E-state index contributed by atoms with van der Waals surface area (Å²) in [4.78, 5) is 26.8. The molecule has 2 N–H and O–H groups in total. The molecule has 2 aliphatic heterocycles. The van der Waals surface area contributed by atoms with Crippen molar-refractivity contribution in [1.29, 1.82) is 0 Å². The van der Waals surface area contributed by atoms with Crippen molar-refractivity contribution in [3.63, 3.8) is 0 Å². The lowest BCUT2D eigenvalue weighted by atomic mass is 10.3. The highest BCUT2D eigenvalue weighted by Crippen LogP contribution is 2.07. The van der Waals surface area contributed by atoms with Crippen molar-refractivity contribution in [2.75, 3.05) is 45.9 Å². The van der Waals surface area contributed by atoms with Gasteiger partial charge in [0.25, 0.3) is 0 Å². The van der Waals surface area contributed by atoms with Gasteiger partial charge in [-0.2, -0.15) is 0 Å². The Bertz CT molecular complexity index is 304. The zero-order chi connectivity index (χ0) is 12.3. The summed E-state index contributed by atoms with van der Waals surface area (Å²) in [6.07, 6.45) is 0.804. The number of ether oxygens (including phenoxy) is 1. The normalized spacial score (nSPS) is 21.9. The van der Waals surface area contributed by atoms with Crippen molar-refractivity contribution in [1.82, 2.24) is 14.8 Å². The molecule has 0 aromatic carbocycles. The molecule has 17 heavy (non-hydrogen) atoms. The van der Waals surface area contributed by atoms with Crippen LogP contribution < -0.4 is 5.84 Å². The molecule has 7 heteroatoms. The summed E-state index contributed by atoms with van der Waals surface area (Å²) < 4.78 is 5.18. The maximum atomic E-state index is 11.9. The number of nitrogens with two attached hydrogens (primary N) is 1. The van der Waals surface area contributed by atoms with Gasteiger partial charge in [0.05, 0.1) is 13.2 Å². The number of hydrazine groups is 1. The van der Waals surface area contributed by atoms with Gasteiger partial charge < -0.3 is 14.5 Å². The molecule has 0 radical (unpaired) electrons. The van der Waals surface area contributed by atoms with Gasteiger partial charge in [-0.05, 0) is 6.42 Å². The van der Waals surface area contributed by atoms with Crippen molar-refractivity contribution in [2.45, 2.75) is 6.42 Å². The summed E-state index contributed by atoms with van der Waals surface area (Å²) >= 11 is 0. The second kappa shape index (κ2) is 5.33. The first-order chi connectivity index (χ1) is 8.18. The Labute approximate surface area is 100 Å². The summed E-state index contributed by atoms with van der Waals surface area (Å²) in [6, 6.07) is -0.266. The highest BCUT2D eigenvalue weighted by atomic mass is 16.5. The van der Waals surface area contributed by atoms with Crippen molar-refractivity contribution in [3.8, 4) is 0 Å². The van der Waals surface area contributed by atoms with Crippen LogP contribution in [0.15, 0.2) is 0 Å². The molecule has 2 fully saturated rings. The summed E-state index contributed by atoms with van der Waals surface area (Å²) in [5, 5.41) is 1.16. The van der Waals surface area contributed by atoms with Crippen LogP contribution in [0.2, 0.25) is 0 Å². The standard InChI is InChI=1S/C10H18N4O3/c11-14-3-1-2-13(10(14)16)8-9(15)12-4-6-17-7-5-12/h1-8,11H2. The maximum Gasteiger partial charge on any atom is 0.334 e. The van der Waals surface area contributed by atoms with Gasteiger partial charge in [-0.25, -0.2) is 10.6 Å². The Kier molecular flexibility index (Phi) is 3.80. The molecule has 2 saturated heterocycles. The van der Waals surface area contributed by atoms with Crippen LogP contribution in [0.25, 0.3) is 0 Å². The largest absolute Gasteiger partial charge is 0.378 e. The highest BCUT2D eigenvalue weighted by molar-refractivity contribution is 5.84. The van der Waals surface area contributed by atoms with E-state index in [9.17, 15) is 9.59 Å². The van der Waals surface area contributed by atoms with Crippen molar-refractivity contribution in [3.05, 3.63) is 0 Å². The number of morpholine rings is 1. The van der Waals surface area contributed by atoms with Gasteiger partial charge in [-0.3, -0.25) is 9.80 Å². The average Bonchev–Trinajstić information content (AvgIpc) is 2.36. The van der Waals surface area contributed by atoms with Crippen LogP contribution in [0.1, 0.15) is 6.42 Å². The quantitative estimate of drug-likeness (QED) is 0.489. The van der Waals surface area contributed by atoms with Gasteiger partial charge in [0.15, 0.2) is 0 Å². The fourth-order valence-corrected chi connectivity index (χ4v) is 2.03. The van der Waals surface area contributed by atoms with Gasteiger partial charge in [-0.1, -0.05) is 0 Å². The first-order valence-electron chi connectivity index (χ1n) is 5.85. The molecule has 2 aliphatic rings. The minimum Gasteiger partial charge on any atom is -0.378 e. The first kappa shape index (κ1) is 12.1. The first-order valence-corrected chi connectivity index (χ1v) is 5.85. The van der Waals surface area contributed by atoms with E-state index in [0.29, 0.717) is 39.4 Å². The Morgan fingerprint density at radius 1 is 1.24 bits per heavy atom. The lowest BCUT2D eigenvalue weighted by Gasteiger charge is -2.34. The Morgan fingerprint density at radius 2 is 1.94 bits per heavy atom. The zero-order valence-corrected chi connectivity index (χ0v) is 9.80. The van der Waals surface area contributed by atoms with E-state index >= 15 is 0 Å². The molecule has 96 valence electrons. The molecular weight excluding hydrogens is 224 g/mol. The molecule has 0 aromatic heterocycles. The number of urea groups is 1. The highest BCUT2D eigenvalue weighted by Gasteiger charge is 2.27. The molecule has 0 spiro atoms. The third-order valence-electron chi connectivity index (χ3n) is 3.03. The Balaban J connectivity index is 1.86. The minimum atomic E-state index is -0.266. The fraction of sp³-hybridized carbons (Fsp3) is 0.800. The van der Waals surface area contributed by atoms with Crippen molar-refractivity contribution < 1.29 is 14.3 Å². The molecule has 2 rings (SSSR count). The van der Waals surface area contributed by atoms with Crippen LogP contribution in [0.4, 0.5) is 4.79 Å². The maximum absolute atomic E-state index is 11.9. The number of hydrogen-bond donors (Lipinski definition) is 1. The van der Waals surface area contributed by atoms with Crippen LogP contribution in [-0.2, 0) is 9.53 Å². The SMILES string of the molecule is NN1CCCN(CC(=O)N2CCOCC2)C1=O. The summed E-state index contributed by atoms with van der Waals surface area (Å²) in [5.41, 5.74) is 0. The number of carbonyl (C=O) groups is 2. The number of nitrogens with zero attached hydrogens (tertiary/aromatic N) is 3. The molecular formula is C10H18N4O3. The number of amides is 3. The van der Waals surface area contributed by atoms with Crippen LogP contribution in [0.3, 0.4) is 0 Å². The predicted molar refractivity (Wildman–Crippen MR) is 59.9 cm³/mol. The molecule has 0 aliphatic carbocycles. The van der Waals surface area contributed by atoms with Gasteiger partial charge >= 0.3 is 6.03 Å². The van der Waals surface area contributed by atoms with Crippen LogP contribution in [0, 0.1) is 0 Å². The van der Waals surface area contributed by atoms with Gasteiger partial charge in [0.1, 0.15) is 6.54 Å². The van der Waals surface area contributed by atoms with Crippen LogP contribution >= 0.6 is 0 Å². The zero-order valence-electron chi connectivity index (χ0n) is 9.80. The molecule has 3 amide bonds. The summed E-state index contributed by atoms with van der Waals surface area (Å²) in [6.45, 7) is 3.63. The van der Waals surface area contributed by atoms with Crippen molar-refractivity contribution in [2.24, 2.45) is 5.84 Å². The summed E-state index contributed by atoms with van der Waals surface area (Å²) in [5.74, 6) is 5.49. The van der Waals surface area contributed by atoms with E-state index in [-0.39, 0.29) is 18.5 Å². The lowest BCUT2D eigenvalue weighted by molar-refractivity contribution is -0.136. The second-order valence-corrected chi connectivity index (χ2v) is 4.24. The monoisotopic (exact) mass is 242 g/mol.